The number of rotatable bonds is 0. The van der Waals surface area contributed by atoms with Gasteiger partial charge < -0.3 is 10.1 Å². The summed E-state index contributed by atoms with van der Waals surface area (Å²) in [5, 5.41) is 11.4. The first kappa shape index (κ1) is 12.1. The molecule has 0 radical (unpaired) electrons. The van der Waals surface area contributed by atoms with Crippen LogP contribution in [0.2, 0.25) is 0 Å². The fourth-order valence-corrected chi connectivity index (χ4v) is 1.98. The minimum atomic E-state index is -1.12. The van der Waals surface area contributed by atoms with Crippen molar-refractivity contribution in [1.82, 2.24) is 0 Å². The van der Waals surface area contributed by atoms with Crippen molar-refractivity contribution in [3.05, 3.63) is 21.0 Å². The summed E-state index contributed by atoms with van der Waals surface area (Å²) in [6.45, 7) is 3.10. The zero-order valence-corrected chi connectivity index (χ0v) is 11.3. The summed E-state index contributed by atoms with van der Waals surface area (Å²) in [5.74, 6) is -1.000. The molecule has 1 aliphatic heterocycles. The van der Waals surface area contributed by atoms with Crippen LogP contribution in [0.25, 0.3) is 0 Å². The van der Waals surface area contributed by atoms with E-state index in [1.165, 1.54) is 6.07 Å². The number of halogens is 2. The molecule has 1 aliphatic rings. The van der Waals surface area contributed by atoms with Gasteiger partial charge in [0, 0.05) is 0 Å². The predicted octanol–water partition coefficient (Wildman–Crippen LogP) is 2.41. The molecule has 4 nitrogen and oxygen atoms in total. The van der Waals surface area contributed by atoms with Gasteiger partial charge in [0.15, 0.2) is 17.2 Å². The van der Waals surface area contributed by atoms with E-state index in [0.29, 0.717) is 0 Å². The molecule has 2 rings (SSSR count). The molecule has 0 aliphatic carbocycles. The molecule has 0 bridgehead atoms. The number of benzene rings is 1. The van der Waals surface area contributed by atoms with Gasteiger partial charge in [-0.25, -0.2) is 4.39 Å². The Bertz CT molecular complexity index is 564. The molecule has 1 aromatic carbocycles. The Kier molecular flexibility index (Phi) is 2.73. The number of hydrogen-bond donors (Lipinski definition) is 1. The Balaban J connectivity index is 2.65. The van der Waals surface area contributed by atoms with Crippen molar-refractivity contribution < 1.29 is 13.9 Å². The Morgan fingerprint density at radius 2 is 2.24 bits per heavy atom. The molecule has 0 saturated carbocycles. The molecular formula is C11H8FIN2O2. The lowest BCUT2D eigenvalue weighted by atomic mass is 10.0. The van der Waals surface area contributed by atoms with Crippen LogP contribution in [-0.2, 0) is 4.79 Å². The minimum absolute atomic E-state index is 0.0157. The first-order chi connectivity index (χ1) is 7.86. The monoisotopic (exact) mass is 346 g/mol. The van der Waals surface area contributed by atoms with Gasteiger partial charge in [-0.2, -0.15) is 5.26 Å². The Morgan fingerprint density at radius 3 is 2.82 bits per heavy atom. The van der Waals surface area contributed by atoms with Crippen molar-refractivity contribution in [2.24, 2.45) is 0 Å². The average molecular weight is 346 g/mol. The highest BCUT2D eigenvalue weighted by Gasteiger charge is 2.37. The van der Waals surface area contributed by atoms with Crippen LogP contribution in [0, 0.1) is 20.7 Å². The van der Waals surface area contributed by atoms with Gasteiger partial charge in [0.05, 0.1) is 14.8 Å². The maximum absolute atomic E-state index is 14.0. The Hall–Kier alpha value is -1.36. The second-order valence-electron chi connectivity index (χ2n) is 4.11. The molecule has 0 atom stereocenters. The number of carbonyl (C=O) groups excluding carboxylic acids is 1. The van der Waals surface area contributed by atoms with E-state index in [0.717, 1.165) is 0 Å². The zero-order chi connectivity index (χ0) is 12.8. The number of ether oxygens (including phenoxy) is 1. The summed E-state index contributed by atoms with van der Waals surface area (Å²) in [6, 6.07) is 3.28. The normalized spacial score (nSPS) is 16.5. The van der Waals surface area contributed by atoms with Crippen LogP contribution in [0.15, 0.2) is 6.07 Å². The van der Waals surface area contributed by atoms with Crippen LogP contribution in [-0.4, -0.2) is 11.5 Å². The number of nitrogens with one attached hydrogen (secondary N) is 1. The smallest absolute Gasteiger partial charge is 0.268 e. The number of fused-ring (bicyclic) bond motifs is 1. The van der Waals surface area contributed by atoms with E-state index in [4.69, 9.17) is 10.00 Å². The van der Waals surface area contributed by atoms with E-state index in [2.05, 4.69) is 5.32 Å². The molecule has 1 N–H and O–H groups in total. The topological polar surface area (TPSA) is 62.1 Å². The summed E-state index contributed by atoms with van der Waals surface area (Å²) >= 11 is 1.74. The summed E-state index contributed by atoms with van der Waals surface area (Å²) < 4.78 is 19.5. The predicted molar refractivity (Wildman–Crippen MR) is 67.2 cm³/mol. The minimum Gasteiger partial charge on any atom is -0.473 e. The van der Waals surface area contributed by atoms with Crippen LogP contribution in [0.5, 0.6) is 5.75 Å². The fraction of sp³-hybridized carbons (Fsp3) is 0.273. The fourth-order valence-electron chi connectivity index (χ4n) is 1.46. The van der Waals surface area contributed by atoms with Crippen molar-refractivity contribution in [2.45, 2.75) is 19.4 Å². The molecule has 17 heavy (non-hydrogen) atoms. The summed E-state index contributed by atoms with van der Waals surface area (Å²) in [6.07, 6.45) is 0. The molecule has 1 amide bonds. The molecular weight excluding hydrogens is 338 g/mol. The number of hydrogen-bond acceptors (Lipinski definition) is 3. The molecule has 1 aromatic rings. The Morgan fingerprint density at radius 1 is 1.59 bits per heavy atom. The number of nitrogens with zero attached hydrogens (tertiary/aromatic N) is 1. The van der Waals surface area contributed by atoms with Crippen LogP contribution >= 0.6 is 22.6 Å². The van der Waals surface area contributed by atoms with E-state index >= 15 is 0 Å². The third kappa shape index (κ3) is 1.84. The second kappa shape index (κ2) is 3.84. The highest BCUT2D eigenvalue weighted by Crippen LogP contribution is 2.39. The van der Waals surface area contributed by atoms with Crippen molar-refractivity contribution in [1.29, 1.82) is 5.26 Å². The first-order valence-corrected chi connectivity index (χ1v) is 5.87. The molecule has 88 valence electrons. The lowest BCUT2D eigenvalue weighted by Crippen LogP contribution is -2.46. The van der Waals surface area contributed by atoms with Gasteiger partial charge in [0.2, 0.25) is 0 Å². The zero-order valence-electron chi connectivity index (χ0n) is 9.10. The highest BCUT2D eigenvalue weighted by molar-refractivity contribution is 14.1. The van der Waals surface area contributed by atoms with Crippen LogP contribution in [0.3, 0.4) is 0 Å². The van der Waals surface area contributed by atoms with E-state index in [-0.39, 0.29) is 26.5 Å². The summed E-state index contributed by atoms with van der Waals surface area (Å²) in [5.41, 5.74) is -0.750. The maximum Gasteiger partial charge on any atom is 0.268 e. The maximum atomic E-state index is 14.0. The van der Waals surface area contributed by atoms with Gasteiger partial charge in [0.25, 0.3) is 5.91 Å². The van der Waals surface area contributed by atoms with E-state index < -0.39 is 11.4 Å². The SMILES string of the molecule is CC1(C)Oc2c(cc(C#N)c(I)c2F)NC1=O. The quantitative estimate of drug-likeness (QED) is 0.734. The molecule has 0 spiro atoms. The standard InChI is InChI=1S/C11H8FIN2O2/c1-11(2)10(16)15-6-3-5(4-14)8(13)7(12)9(6)17-11/h3H,1-2H3,(H,15,16). The molecule has 0 unspecified atom stereocenters. The van der Waals surface area contributed by atoms with E-state index in [1.807, 2.05) is 6.07 Å². The second-order valence-corrected chi connectivity index (χ2v) is 5.19. The van der Waals surface area contributed by atoms with Crippen molar-refractivity contribution >= 4 is 34.2 Å². The highest BCUT2D eigenvalue weighted by atomic mass is 127. The van der Waals surface area contributed by atoms with Crippen molar-refractivity contribution in [3.63, 3.8) is 0 Å². The van der Waals surface area contributed by atoms with Crippen LogP contribution < -0.4 is 10.1 Å². The number of carbonyl (C=O) groups is 1. The lowest BCUT2D eigenvalue weighted by Gasteiger charge is -2.32. The molecule has 1 heterocycles. The van der Waals surface area contributed by atoms with E-state index in [1.54, 1.807) is 36.4 Å². The molecule has 0 aromatic heterocycles. The van der Waals surface area contributed by atoms with Gasteiger partial charge in [-0.3, -0.25) is 4.79 Å². The Labute approximate surface area is 111 Å². The first-order valence-electron chi connectivity index (χ1n) is 4.79. The molecule has 0 saturated heterocycles. The number of nitriles is 1. The van der Waals surface area contributed by atoms with Gasteiger partial charge >= 0.3 is 0 Å². The largest absolute Gasteiger partial charge is 0.473 e. The number of amides is 1. The molecule has 0 fully saturated rings. The van der Waals surface area contributed by atoms with Gasteiger partial charge in [-0.1, -0.05) is 0 Å². The van der Waals surface area contributed by atoms with Gasteiger partial charge in [-0.05, 0) is 42.5 Å². The molecule has 6 heteroatoms. The third-order valence-corrected chi connectivity index (χ3v) is 3.49. The van der Waals surface area contributed by atoms with Crippen molar-refractivity contribution in [2.75, 3.05) is 5.32 Å². The summed E-state index contributed by atoms with van der Waals surface area (Å²) in [4.78, 5) is 11.6. The third-order valence-electron chi connectivity index (χ3n) is 2.43. The number of anilines is 1. The van der Waals surface area contributed by atoms with E-state index in [9.17, 15) is 9.18 Å². The lowest BCUT2D eigenvalue weighted by molar-refractivity contribution is -0.129. The van der Waals surface area contributed by atoms with Gasteiger partial charge in [0.1, 0.15) is 6.07 Å². The van der Waals surface area contributed by atoms with Crippen molar-refractivity contribution in [3.8, 4) is 11.8 Å². The van der Waals surface area contributed by atoms with Crippen LogP contribution in [0.4, 0.5) is 10.1 Å². The van der Waals surface area contributed by atoms with Crippen LogP contribution in [0.1, 0.15) is 19.4 Å². The average Bonchev–Trinajstić information content (AvgIpc) is 2.26. The van der Waals surface area contributed by atoms with Gasteiger partial charge in [-0.15, -0.1) is 0 Å². The summed E-state index contributed by atoms with van der Waals surface area (Å²) in [7, 11) is 0.